The van der Waals surface area contributed by atoms with Crippen molar-refractivity contribution in [3.8, 4) is 0 Å². The first-order valence-corrected chi connectivity index (χ1v) is 8.86. The van der Waals surface area contributed by atoms with Crippen LogP contribution >= 0.6 is 0 Å². The molecule has 0 unspecified atom stereocenters. The minimum absolute atomic E-state index is 0.180. The second-order valence-corrected chi connectivity index (χ2v) is 6.52. The van der Waals surface area contributed by atoms with E-state index in [1.165, 1.54) is 32.1 Å². The van der Waals surface area contributed by atoms with Crippen molar-refractivity contribution in [3.63, 3.8) is 0 Å². The molecule has 1 aromatic heterocycles. The van der Waals surface area contributed by atoms with Gasteiger partial charge in [0.15, 0.2) is 0 Å². The molecule has 1 saturated carbocycles. The summed E-state index contributed by atoms with van der Waals surface area (Å²) < 4.78 is 5.43. The molecule has 0 aromatic carbocycles. The van der Waals surface area contributed by atoms with Crippen LogP contribution in [-0.4, -0.2) is 56.3 Å². The third-order valence-electron chi connectivity index (χ3n) is 4.69. The highest BCUT2D eigenvalue weighted by Gasteiger charge is 2.23. The highest BCUT2D eigenvalue weighted by atomic mass is 16.6. The topological polar surface area (TPSA) is 133 Å². The Bertz CT molecular complexity index is 612. The minimum Gasteiger partial charge on any atom is -0.473 e. The van der Waals surface area contributed by atoms with Gasteiger partial charge >= 0.3 is 18.0 Å². The van der Waals surface area contributed by atoms with Gasteiger partial charge in [-0.1, -0.05) is 32.1 Å². The first kappa shape index (κ1) is 19.7. The van der Waals surface area contributed by atoms with Gasteiger partial charge in [-0.3, -0.25) is 0 Å². The van der Waals surface area contributed by atoms with Crippen LogP contribution in [0.25, 0.3) is 0 Å². The van der Waals surface area contributed by atoms with Crippen molar-refractivity contribution in [3.05, 3.63) is 17.7 Å². The predicted octanol–water partition coefficient (Wildman–Crippen LogP) is 2.03. The number of nitrogens with zero attached hydrogens (tertiary/aromatic N) is 2. The number of aromatic amines is 1. The molecule has 1 aromatic rings. The van der Waals surface area contributed by atoms with E-state index in [0.717, 1.165) is 30.1 Å². The summed E-state index contributed by atoms with van der Waals surface area (Å²) in [6, 6.07) is 0. The fourth-order valence-corrected chi connectivity index (χ4v) is 3.25. The number of H-pyrrole nitrogens is 1. The molecule has 2 aliphatic rings. The second-order valence-electron chi connectivity index (χ2n) is 6.52. The molecule has 144 valence electrons. The lowest BCUT2D eigenvalue weighted by Gasteiger charge is -2.26. The first-order valence-electron chi connectivity index (χ1n) is 8.86. The monoisotopic (exact) mass is 367 g/mol. The van der Waals surface area contributed by atoms with E-state index in [2.05, 4.69) is 9.97 Å². The highest BCUT2D eigenvalue weighted by Crippen LogP contribution is 2.26. The largest absolute Gasteiger partial charge is 0.473 e. The maximum absolute atomic E-state index is 12.0. The Labute approximate surface area is 151 Å². The number of aliphatic carboxylic acids is 2. The van der Waals surface area contributed by atoms with Crippen LogP contribution in [0.3, 0.4) is 0 Å². The fraction of sp³-hybridized carbons (Fsp3) is 0.647. The molecule has 3 N–H and O–H groups in total. The molecule has 3 rings (SSSR count). The summed E-state index contributed by atoms with van der Waals surface area (Å²) >= 11 is 0. The van der Waals surface area contributed by atoms with Crippen LogP contribution in [0.15, 0.2) is 6.33 Å². The quantitative estimate of drug-likeness (QED) is 0.696. The molecule has 0 atom stereocenters. The number of carboxylic acid groups (broad SMARTS) is 2. The summed E-state index contributed by atoms with van der Waals surface area (Å²) in [5.74, 6) is -2.89. The molecule has 9 nitrogen and oxygen atoms in total. The van der Waals surface area contributed by atoms with E-state index in [9.17, 15) is 4.79 Å². The van der Waals surface area contributed by atoms with Crippen molar-refractivity contribution in [1.29, 1.82) is 0 Å². The minimum atomic E-state index is -1.82. The molecule has 1 fully saturated rings. The molecule has 0 bridgehead atoms. The van der Waals surface area contributed by atoms with Gasteiger partial charge in [0, 0.05) is 13.0 Å². The summed E-state index contributed by atoms with van der Waals surface area (Å²) in [6.07, 6.45) is 10.0. The highest BCUT2D eigenvalue weighted by molar-refractivity contribution is 6.27. The van der Waals surface area contributed by atoms with E-state index in [1.54, 1.807) is 11.2 Å². The van der Waals surface area contributed by atoms with Gasteiger partial charge in [-0.2, -0.15) is 0 Å². The zero-order valence-corrected chi connectivity index (χ0v) is 14.6. The third kappa shape index (κ3) is 6.05. The molecule has 2 heterocycles. The zero-order chi connectivity index (χ0) is 18.9. The van der Waals surface area contributed by atoms with E-state index in [1.807, 2.05) is 0 Å². The Hall–Kier alpha value is -2.58. The number of nitrogens with one attached hydrogen (secondary N) is 1. The fourth-order valence-electron chi connectivity index (χ4n) is 3.25. The summed E-state index contributed by atoms with van der Waals surface area (Å²) in [5.41, 5.74) is 2.12. The summed E-state index contributed by atoms with van der Waals surface area (Å²) in [4.78, 5) is 39.3. The molecule has 1 aliphatic heterocycles. The lowest BCUT2D eigenvalue weighted by molar-refractivity contribution is -0.159. The van der Waals surface area contributed by atoms with Crippen LogP contribution in [0.2, 0.25) is 0 Å². The average Bonchev–Trinajstić information content (AvgIpc) is 3.10. The van der Waals surface area contributed by atoms with Crippen LogP contribution in [0, 0.1) is 5.92 Å². The van der Waals surface area contributed by atoms with E-state index in [0.29, 0.717) is 19.7 Å². The predicted molar refractivity (Wildman–Crippen MR) is 90.5 cm³/mol. The van der Waals surface area contributed by atoms with Crippen molar-refractivity contribution >= 4 is 18.0 Å². The van der Waals surface area contributed by atoms with Gasteiger partial charge in [-0.25, -0.2) is 19.4 Å². The van der Waals surface area contributed by atoms with Gasteiger partial charge in [-0.05, 0) is 12.3 Å². The zero-order valence-electron chi connectivity index (χ0n) is 14.6. The van der Waals surface area contributed by atoms with Gasteiger partial charge in [0.2, 0.25) is 0 Å². The second kappa shape index (κ2) is 9.79. The number of imidazole rings is 1. The molecule has 0 saturated heterocycles. The number of hydrogen-bond donors (Lipinski definition) is 3. The SMILES string of the molecule is O=C(O)C(=O)O.O=C(OCCC1CCCCC1)N1CCc2nc[nH]c2C1. The number of aromatic nitrogens is 2. The van der Waals surface area contributed by atoms with E-state index in [-0.39, 0.29) is 6.09 Å². The van der Waals surface area contributed by atoms with Crippen molar-refractivity contribution in [1.82, 2.24) is 14.9 Å². The Balaban J connectivity index is 0.000000352. The molecule has 1 amide bonds. The smallest absolute Gasteiger partial charge is 0.414 e. The van der Waals surface area contributed by atoms with Crippen LogP contribution in [0.1, 0.15) is 49.9 Å². The number of ether oxygens (including phenoxy) is 1. The summed E-state index contributed by atoms with van der Waals surface area (Å²) in [5, 5.41) is 14.8. The first-order chi connectivity index (χ1) is 12.5. The van der Waals surface area contributed by atoms with Crippen LogP contribution < -0.4 is 0 Å². The van der Waals surface area contributed by atoms with E-state index >= 15 is 0 Å². The Morgan fingerprint density at radius 2 is 1.88 bits per heavy atom. The Kier molecular flexibility index (Phi) is 7.43. The van der Waals surface area contributed by atoms with Gasteiger partial charge < -0.3 is 24.8 Å². The summed E-state index contributed by atoms with van der Waals surface area (Å²) in [7, 11) is 0. The Morgan fingerprint density at radius 3 is 2.54 bits per heavy atom. The number of carboxylic acids is 2. The number of hydrogen-bond acceptors (Lipinski definition) is 5. The van der Waals surface area contributed by atoms with Crippen molar-refractivity contribution < 1.29 is 29.3 Å². The molecular weight excluding hydrogens is 342 g/mol. The number of rotatable bonds is 3. The van der Waals surface area contributed by atoms with Crippen LogP contribution in [0.5, 0.6) is 0 Å². The number of amides is 1. The molecule has 0 radical (unpaired) electrons. The number of carbonyl (C=O) groups is 3. The Morgan fingerprint density at radius 1 is 1.19 bits per heavy atom. The van der Waals surface area contributed by atoms with Gasteiger partial charge in [-0.15, -0.1) is 0 Å². The van der Waals surface area contributed by atoms with Crippen molar-refractivity contribution in [2.24, 2.45) is 5.92 Å². The van der Waals surface area contributed by atoms with E-state index < -0.39 is 11.9 Å². The molecule has 26 heavy (non-hydrogen) atoms. The number of fused-ring (bicyclic) bond motifs is 1. The van der Waals surface area contributed by atoms with Crippen molar-refractivity contribution in [2.45, 2.75) is 51.5 Å². The molecule has 1 aliphatic carbocycles. The molecular formula is C17H25N3O6. The maximum atomic E-state index is 12.0. The van der Waals surface area contributed by atoms with E-state index in [4.69, 9.17) is 24.5 Å². The third-order valence-corrected chi connectivity index (χ3v) is 4.69. The van der Waals surface area contributed by atoms with Crippen molar-refractivity contribution in [2.75, 3.05) is 13.2 Å². The van der Waals surface area contributed by atoms with Crippen LogP contribution in [-0.2, 0) is 27.3 Å². The maximum Gasteiger partial charge on any atom is 0.414 e. The number of carbonyl (C=O) groups excluding carboxylic acids is 1. The van der Waals surface area contributed by atoms with Gasteiger partial charge in [0.25, 0.3) is 0 Å². The average molecular weight is 367 g/mol. The molecule has 9 heteroatoms. The normalized spacial score (nSPS) is 16.8. The van der Waals surface area contributed by atoms with Gasteiger partial charge in [0.1, 0.15) is 0 Å². The standard InChI is InChI=1S/C15H23N3O2.C2H2O4/c19-15(20-9-7-12-4-2-1-3-5-12)18-8-6-13-14(10-18)17-11-16-13;3-1(4)2(5)6/h11-12H,1-10H2,(H,16,17);(H,3,4)(H,5,6). The van der Waals surface area contributed by atoms with Gasteiger partial charge in [0.05, 0.1) is 30.9 Å². The lowest BCUT2D eigenvalue weighted by atomic mass is 9.87. The lowest BCUT2D eigenvalue weighted by Crippen LogP contribution is -2.36. The molecule has 0 spiro atoms. The summed E-state index contributed by atoms with van der Waals surface area (Å²) in [6.45, 7) is 1.87. The van der Waals surface area contributed by atoms with Crippen LogP contribution in [0.4, 0.5) is 4.79 Å².